The maximum absolute atomic E-state index is 13.0. The number of thioether (sulfide) groups is 1. The van der Waals surface area contributed by atoms with E-state index in [9.17, 15) is 9.59 Å². The second kappa shape index (κ2) is 11.0. The number of imide groups is 1. The van der Waals surface area contributed by atoms with Crippen LogP contribution in [0.2, 0.25) is 5.02 Å². The zero-order valence-electron chi connectivity index (χ0n) is 17.9. The number of hydrogen-bond donors (Lipinski definition) is 0. The van der Waals surface area contributed by atoms with E-state index in [0.717, 1.165) is 27.4 Å². The Bertz CT molecular complexity index is 1300. The molecule has 2 amide bonds. The summed E-state index contributed by atoms with van der Waals surface area (Å²) in [6.07, 6.45) is 1.68. The molecule has 1 aliphatic heterocycles. The van der Waals surface area contributed by atoms with Crippen LogP contribution in [0.1, 0.15) is 16.7 Å². The predicted molar refractivity (Wildman–Crippen MR) is 142 cm³/mol. The molecule has 1 aliphatic rings. The van der Waals surface area contributed by atoms with Gasteiger partial charge in [-0.25, -0.2) is 0 Å². The summed E-state index contributed by atoms with van der Waals surface area (Å²) in [6.45, 7) is 0.465. The van der Waals surface area contributed by atoms with Gasteiger partial charge < -0.3 is 9.47 Å². The third-order valence-electron chi connectivity index (χ3n) is 5.04. The molecule has 0 spiro atoms. The van der Waals surface area contributed by atoms with E-state index in [4.69, 9.17) is 21.1 Å². The lowest BCUT2D eigenvalue weighted by molar-refractivity contribution is -0.123. The minimum absolute atomic E-state index is 0.200. The lowest BCUT2D eigenvalue weighted by atomic mass is 10.1. The molecule has 0 saturated carbocycles. The molecule has 0 unspecified atom stereocenters. The first-order valence-electron chi connectivity index (χ1n) is 10.1. The van der Waals surface area contributed by atoms with E-state index in [2.05, 4.69) is 31.9 Å². The van der Waals surface area contributed by atoms with Gasteiger partial charge in [-0.15, -0.1) is 0 Å². The SMILES string of the molecule is COc1cc(/C=C2/SC(=O)N(Cc3ccccc3Br)C2=O)cc(Br)c1OCc1ccccc1Cl. The molecule has 0 radical (unpaired) electrons. The largest absolute Gasteiger partial charge is 0.493 e. The lowest BCUT2D eigenvalue weighted by Crippen LogP contribution is -2.27. The summed E-state index contributed by atoms with van der Waals surface area (Å²) in [4.78, 5) is 27.1. The first kappa shape index (κ1) is 24.9. The van der Waals surface area contributed by atoms with Gasteiger partial charge in [-0.2, -0.15) is 0 Å². The topological polar surface area (TPSA) is 55.8 Å². The first-order valence-corrected chi connectivity index (χ1v) is 12.9. The van der Waals surface area contributed by atoms with Crippen LogP contribution < -0.4 is 9.47 Å². The van der Waals surface area contributed by atoms with E-state index in [-0.39, 0.29) is 24.3 Å². The van der Waals surface area contributed by atoms with Crippen LogP contribution in [0.4, 0.5) is 4.79 Å². The van der Waals surface area contributed by atoms with Gasteiger partial charge in [-0.05, 0) is 69.2 Å². The smallest absolute Gasteiger partial charge is 0.293 e. The molecule has 0 aromatic heterocycles. The number of methoxy groups -OCH3 is 1. The van der Waals surface area contributed by atoms with Crippen molar-refractivity contribution in [2.45, 2.75) is 13.2 Å². The van der Waals surface area contributed by atoms with Crippen LogP contribution >= 0.6 is 55.2 Å². The fourth-order valence-electron chi connectivity index (χ4n) is 3.31. The quantitative estimate of drug-likeness (QED) is 0.253. The summed E-state index contributed by atoms with van der Waals surface area (Å²) in [5.74, 6) is 0.668. The van der Waals surface area contributed by atoms with Gasteiger partial charge in [0.05, 0.1) is 23.0 Å². The van der Waals surface area contributed by atoms with Crippen molar-refractivity contribution >= 4 is 72.4 Å². The summed E-state index contributed by atoms with van der Waals surface area (Å²) in [6, 6.07) is 18.5. The Morgan fingerprint density at radius 1 is 1.00 bits per heavy atom. The summed E-state index contributed by atoms with van der Waals surface area (Å²) in [7, 11) is 1.54. The Morgan fingerprint density at radius 3 is 2.41 bits per heavy atom. The van der Waals surface area contributed by atoms with Crippen LogP contribution in [-0.4, -0.2) is 23.2 Å². The van der Waals surface area contributed by atoms with Crippen LogP contribution in [0.5, 0.6) is 11.5 Å². The number of rotatable bonds is 7. The van der Waals surface area contributed by atoms with Crippen molar-refractivity contribution in [1.82, 2.24) is 4.90 Å². The third-order valence-corrected chi connectivity index (χ3v) is 7.68. The number of carbonyl (C=O) groups excluding carboxylic acids is 2. The van der Waals surface area contributed by atoms with Crippen molar-refractivity contribution < 1.29 is 19.1 Å². The predicted octanol–water partition coefficient (Wildman–Crippen LogP) is 7.69. The Kier molecular flexibility index (Phi) is 8.03. The standard InChI is InChI=1S/C25H18Br2ClNO4S/c1-32-21-11-15(10-19(27)23(21)33-14-17-7-3-5-9-20(17)28)12-22-24(30)29(25(31)34-22)13-16-6-2-4-8-18(16)26/h2-12H,13-14H2,1H3/b22-12+. The first-order chi connectivity index (χ1) is 16.4. The Balaban J connectivity index is 1.55. The molecule has 4 rings (SSSR count). The number of hydrogen-bond acceptors (Lipinski definition) is 5. The Labute approximate surface area is 223 Å². The molecule has 1 heterocycles. The van der Waals surface area contributed by atoms with E-state index in [1.807, 2.05) is 48.5 Å². The fraction of sp³-hybridized carbons (Fsp3) is 0.120. The summed E-state index contributed by atoms with van der Waals surface area (Å²) < 4.78 is 13.0. The van der Waals surface area contributed by atoms with Gasteiger partial charge in [0.25, 0.3) is 11.1 Å². The zero-order chi connectivity index (χ0) is 24.2. The van der Waals surface area contributed by atoms with Crippen LogP contribution in [0, 0.1) is 0 Å². The number of amides is 2. The van der Waals surface area contributed by atoms with Gasteiger partial charge in [0.2, 0.25) is 0 Å². The summed E-state index contributed by atoms with van der Waals surface area (Å²) >= 11 is 14.1. The average molecular weight is 624 g/mol. The normalized spacial score (nSPS) is 14.7. The van der Waals surface area contributed by atoms with Gasteiger partial charge in [0.1, 0.15) is 6.61 Å². The molecular weight excluding hydrogens is 606 g/mol. The number of halogens is 3. The molecule has 34 heavy (non-hydrogen) atoms. The van der Waals surface area contributed by atoms with Gasteiger partial charge in [0, 0.05) is 15.1 Å². The highest BCUT2D eigenvalue weighted by Gasteiger charge is 2.35. The van der Waals surface area contributed by atoms with Crippen LogP contribution in [0.3, 0.4) is 0 Å². The summed E-state index contributed by atoms with van der Waals surface area (Å²) in [5.41, 5.74) is 2.40. The highest BCUT2D eigenvalue weighted by Crippen LogP contribution is 2.40. The molecule has 3 aromatic rings. The van der Waals surface area contributed by atoms with E-state index >= 15 is 0 Å². The second-order valence-corrected chi connectivity index (χ2v) is 10.4. The van der Waals surface area contributed by atoms with E-state index in [1.165, 1.54) is 4.90 Å². The van der Waals surface area contributed by atoms with Crippen molar-refractivity contribution in [3.8, 4) is 11.5 Å². The van der Waals surface area contributed by atoms with Crippen molar-refractivity contribution in [3.05, 3.63) is 96.2 Å². The maximum atomic E-state index is 13.0. The molecule has 0 bridgehead atoms. The van der Waals surface area contributed by atoms with Gasteiger partial charge in [-0.1, -0.05) is 63.9 Å². The molecule has 0 atom stereocenters. The van der Waals surface area contributed by atoms with Crippen LogP contribution in [0.25, 0.3) is 6.08 Å². The number of carbonyl (C=O) groups is 2. The van der Waals surface area contributed by atoms with Crippen molar-refractivity contribution in [2.75, 3.05) is 7.11 Å². The fourth-order valence-corrected chi connectivity index (χ4v) is 5.33. The van der Waals surface area contributed by atoms with Crippen LogP contribution in [-0.2, 0) is 17.9 Å². The van der Waals surface area contributed by atoms with Crippen LogP contribution in [0.15, 0.2) is 74.5 Å². The maximum Gasteiger partial charge on any atom is 0.293 e. The molecule has 0 N–H and O–H groups in total. The number of ether oxygens (including phenoxy) is 2. The minimum atomic E-state index is -0.333. The molecule has 5 nitrogen and oxygen atoms in total. The number of benzene rings is 3. The van der Waals surface area contributed by atoms with E-state index in [1.54, 1.807) is 25.3 Å². The Morgan fingerprint density at radius 2 is 1.71 bits per heavy atom. The average Bonchev–Trinajstić information content (AvgIpc) is 3.07. The van der Waals surface area contributed by atoms with Crippen molar-refractivity contribution in [2.24, 2.45) is 0 Å². The van der Waals surface area contributed by atoms with Gasteiger partial charge >= 0.3 is 0 Å². The molecule has 9 heteroatoms. The molecule has 0 aliphatic carbocycles. The monoisotopic (exact) mass is 621 g/mol. The number of nitrogens with zero attached hydrogens (tertiary/aromatic N) is 1. The van der Waals surface area contributed by atoms with Gasteiger partial charge in [-0.3, -0.25) is 14.5 Å². The van der Waals surface area contributed by atoms with Gasteiger partial charge in [0.15, 0.2) is 11.5 Å². The molecule has 1 saturated heterocycles. The molecule has 1 fully saturated rings. The van der Waals surface area contributed by atoms with E-state index in [0.29, 0.717) is 31.5 Å². The molecule has 3 aromatic carbocycles. The highest BCUT2D eigenvalue weighted by molar-refractivity contribution is 9.10. The third kappa shape index (κ3) is 5.51. The highest BCUT2D eigenvalue weighted by atomic mass is 79.9. The van der Waals surface area contributed by atoms with E-state index < -0.39 is 0 Å². The van der Waals surface area contributed by atoms with Crippen molar-refractivity contribution in [1.29, 1.82) is 0 Å². The molecule has 174 valence electrons. The summed E-state index contributed by atoms with van der Waals surface area (Å²) in [5, 5.41) is 0.310. The zero-order valence-corrected chi connectivity index (χ0v) is 22.6. The second-order valence-electron chi connectivity index (χ2n) is 7.27. The lowest BCUT2D eigenvalue weighted by Gasteiger charge is -2.14. The minimum Gasteiger partial charge on any atom is -0.493 e. The molecular formula is C25H18Br2ClNO4S. The van der Waals surface area contributed by atoms with Crippen molar-refractivity contribution in [3.63, 3.8) is 0 Å². The Hall–Kier alpha value is -2.26.